The molecule has 3 rings (SSSR count). The van der Waals surface area contributed by atoms with Gasteiger partial charge in [0.15, 0.2) is 0 Å². The Balaban J connectivity index is 1.51. The standard InChI is InChI=1S/C18H23N3O2/c1-14-13-21(7-8-23-14)18-6-5-16(12-20-18)11-19-10-15-3-2-4-17(22)9-15/h2-6,9,12,14,19,22H,7-8,10-11,13H2,1H3/t14-/m1/s1. The maximum atomic E-state index is 9.45. The number of pyridine rings is 1. The minimum atomic E-state index is 0.259. The van der Waals surface area contributed by atoms with E-state index in [-0.39, 0.29) is 6.10 Å². The number of benzene rings is 1. The molecular formula is C18H23N3O2. The van der Waals surface area contributed by atoms with Crippen molar-refractivity contribution in [3.8, 4) is 5.75 Å². The molecule has 0 radical (unpaired) electrons. The van der Waals surface area contributed by atoms with E-state index in [9.17, 15) is 5.11 Å². The Morgan fingerprint density at radius 2 is 2.13 bits per heavy atom. The molecule has 0 bridgehead atoms. The molecule has 1 saturated heterocycles. The number of aromatic hydroxyl groups is 1. The lowest BCUT2D eigenvalue weighted by Gasteiger charge is -2.32. The highest BCUT2D eigenvalue weighted by atomic mass is 16.5. The maximum Gasteiger partial charge on any atom is 0.128 e. The molecule has 5 nitrogen and oxygen atoms in total. The number of aromatic nitrogens is 1. The Morgan fingerprint density at radius 3 is 2.87 bits per heavy atom. The molecule has 1 aliphatic rings. The first-order valence-corrected chi connectivity index (χ1v) is 8.01. The summed E-state index contributed by atoms with van der Waals surface area (Å²) in [6.07, 6.45) is 2.18. The van der Waals surface area contributed by atoms with Crippen LogP contribution in [0, 0.1) is 0 Å². The average molecular weight is 313 g/mol. The number of rotatable bonds is 5. The van der Waals surface area contributed by atoms with Crippen LogP contribution in [0.15, 0.2) is 42.6 Å². The molecule has 1 aliphatic heterocycles. The number of nitrogens with zero attached hydrogens (tertiary/aromatic N) is 2. The highest BCUT2D eigenvalue weighted by Gasteiger charge is 2.17. The van der Waals surface area contributed by atoms with Gasteiger partial charge in [0, 0.05) is 32.4 Å². The van der Waals surface area contributed by atoms with Crippen LogP contribution in [0.25, 0.3) is 0 Å². The van der Waals surface area contributed by atoms with E-state index in [0.717, 1.165) is 49.7 Å². The molecule has 1 aromatic heterocycles. The van der Waals surface area contributed by atoms with Gasteiger partial charge in [-0.25, -0.2) is 4.98 Å². The molecule has 0 amide bonds. The van der Waals surface area contributed by atoms with E-state index in [1.165, 1.54) is 0 Å². The van der Waals surface area contributed by atoms with E-state index < -0.39 is 0 Å². The van der Waals surface area contributed by atoms with Crippen molar-refractivity contribution in [2.75, 3.05) is 24.6 Å². The fourth-order valence-corrected chi connectivity index (χ4v) is 2.75. The largest absolute Gasteiger partial charge is 0.508 e. The molecule has 122 valence electrons. The van der Waals surface area contributed by atoms with E-state index in [4.69, 9.17) is 4.74 Å². The number of phenolic OH excluding ortho intramolecular Hbond substituents is 1. The Morgan fingerprint density at radius 1 is 1.26 bits per heavy atom. The number of hydrogen-bond donors (Lipinski definition) is 2. The van der Waals surface area contributed by atoms with Crippen molar-refractivity contribution in [3.05, 3.63) is 53.7 Å². The highest BCUT2D eigenvalue weighted by Crippen LogP contribution is 2.15. The van der Waals surface area contributed by atoms with Gasteiger partial charge in [0.1, 0.15) is 11.6 Å². The smallest absolute Gasteiger partial charge is 0.128 e. The second-order valence-electron chi connectivity index (χ2n) is 5.93. The Bertz CT molecular complexity index is 630. The minimum Gasteiger partial charge on any atom is -0.508 e. The molecule has 2 aromatic rings. The number of anilines is 1. The third kappa shape index (κ3) is 4.43. The van der Waals surface area contributed by atoms with Gasteiger partial charge in [-0.05, 0) is 36.2 Å². The molecule has 0 saturated carbocycles. The Hall–Kier alpha value is -2.11. The van der Waals surface area contributed by atoms with Crippen molar-refractivity contribution in [1.29, 1.82) is 0 Å². The molecule has 5 heteroatoms. The predicted octanol–water partition coefficient (Wildman–Crippen LogP) is 2.30. The lowest BCUT2D eigenvalue weighted by Crippen LogP contribution is -2.41. The van der Waals surface area contributed by atoms with Gasteiger partial charge in [-0.2, -0.15) is 0 Å². The summed E-state index contributed by atoms with van der Waals surface area (Å²) in [5, 5.41) is 12.8. The van der Waals surface area contributed by atoms with Crippen LogP contribution in [-0.4, -0.2) is 35.9 Å². The van der Waals surface area contributed by atoms with E-state index in [2.05, 4.69) is 34.3 Å². The summed E-state index contributed by atoms with van der Waals surface area (Å²) in [4.78, 5) is 6.83. The number of morpholine rings is 1. The van der Waals surface area contributed by atoms with Crippen molar-refractivity contribution in [1.82, 2.24) is 10.3 Å². The van der Waals surface area contributed by atoms with E-state index in [1.54, 1.807) is 12.1 Å². The third-order valence-electron chi connectivity index (χ3n) is 3.94. The zero-order valence-electron chi connectivity index (χ0n) is 13.4. The van der Waals surface area contributed by atoms with Crippen LogP contribution >= 0.6 is 0 Å². The Kier molecular flexibility index (Phi) is 5.10. The summed E-state index contributed by atoms with van der Waals surface area (Å²) < 4.78 is 5.56. The maximum absolute atomic E-state index is 9.45. The number of hydrogen-bond acceptors (Lipinski definition) is 5. The molecule has 0 spiro atoms. The van der Waals surface area contributed by atoms with E-state index >= 15 is 0 Å². The fourth-order valence-electron chi connectivity index (χ4n) is 2.75. The van der Waals surface area contributed by atoms with Crippen LogP contribution < -0.4 is 10.2 Å². The molecule has 0 unspecified atom stereocenters. The van der Waals surface area contributed by atoms with Gasteiger partial charge >= 0.3 is 0 Å². The highest BCUT2D eigenvalue weighted by molar-refractivity contribution is 5.40. The van der Waals surface area contributed by atoms with Gasteiger partial charge in [-0.3, -0.25) is 0 Å². The van der Waals surface area contributed by atoms with Crippen molar-refractivity contribution >= 4 is 5.82 Å². The summed E-state index contributed by atoms with van der Waals surface area (Å²) in [5.74, 6) is 1.31. The Labute approximate surface area is 136 Å². The van der Waals surface area contributed by atoms with Crippen molar-refractivity contribution < 1.29 is 9.84 Å². The third-order valence-corrected chi connectivity index (χ3v) is 3.94. The normalized spacial score (nSPS) is 18.1. The number of phenols is 1. The molecule has 2 heterocycles. The van der Waals surface area contributed by atoms with Crippen LogP contribution in [0.2, 0.25) is 0 Å². The van der Waals surface area contributed by atoms with Crippen molar-refractivity contribution in [2.45, 2.75) is 26.1 Å². The van der Waals surface area contributed by atoms with Gasteiger partial charge in [-0.15, -0.1) is 0 Å². The molecule has 2 N–H and O–H groups in total. The quantitative estimate of drug-likeness (QED) is 0.887. The molecular weight excluding hydrogens is 290 g/mol. The van der Waals surface area contributed by atoms with Crippen LogP contribution in [0.5, 0.6) is 5.75 Å². The van der Waals surface area contributed by atoms with E-state index in [1.807, 2.05) is 18.3 Å². The topological polar surface area (TPSA) is 57.6 Å². The molecule has 1 fully saturated rings. The van der Waals surface area contributed by atoms with Gasteiger partial charge in [0.25, 0.3) is 0 Å². The van der Waals surface area contributed by atoms with Crippen molar-refractivity contribution in [2.24, 2.45) is 0 Å². The van der Waals surface area contributed by atoms with Gasteiger partial charge in [0.05, 0.1) is 12.7 Å². The summed E-state index contributed by atoms with van der Waals surface area (Å²) in [6, 6.07) is 11.5. The number of nitrogens with one attached hydrogen (secondary N) is 1. The minimum absolute atomic E-state index is 0.259. The lowest BCUT2D eigenvalue weighted by atomic mass is 10.2. The fraction of sp³-hybridized carbons (Fsp3) is 0.389. The predicted molar refractivity (Wildman–Crippen MR) is 90.5 cm³/mol. The van der Waals surface area contributed by atoms with Crippen LogP contribution in [0.3, 0.4) is 0 Å². The summed E-state index contributed by atoms with van der Waals surface area (Å²) in [7, 11) is 0. The number of ether oxygens (including phenoxy) is 1. The molecule has 23 heavy (non-hydrogen) atoms. The summed E-state index contributed by atoms with van der Waals surface area (Å²) in [6.45, 7) is 6.11. The van der Waals surface area contributed by atoms with Gasteiger partial charge in [0.2, 0.25) is 0 Å². The van der Waals surface area contributed by atoms with E-state index in [0.29, 0.717) is 5.75 Å². The molecule has 0 aliphatic carbocycles. The zero-order chi connectivity index (χ0) is 16.1. The van der Waals surface area contributed by atoms with Crippen molar-refractivity contribution in [3.63, 3.8) is 0 Å². The average Bonchev–Trinajstić information content (AvgIpc) is 2.56. The van der Waals surface area contributed by atoms with Crippen LogP contribution in [0.4, 0.5) is 5.82 Å². The van der Waals surface area contributed by atoms with Gasteiger partial charge in [-0.1, -0.05) is 18.2 Å². The molecule has 1 aromatic carbocycles. The second-order valence-corrected chi connectivity index (χ2v) is 5.93. The monoisotopic (exact) mass is 313 g/mol. The van der Waals surface area contributed by atoms with Crippen LogP contribution in [0.1, 0.15) is 18.1 Å². The van der Waals surface area contributed by atoms with Crippen LogP contribution in [-0.2, 0) is 17.8 Å². The lowest BCUT2D eigenvalue weighted by molar-refractivity contribution is 0.0529. The van der Waals surface area contributed by atoms with Gasteiger partial charge < -0.3 is 20.1 Å². The first-order chi connectivity index (χ1) is 11.2. The molecule has 1 atom stereocenters. The SMILES string of the molecule is C[C@@H]1CN(c2ccc(CNCc3cccc(O)c3)cn2)CCO1. The summed E-state index contributed by atoms with van der Waals surface area (Å²) in [5.41, 5.74) is 2.21. The second kappa shape index (κ2) is 7.44. The first kappa shape index (κ1) is 15.8. The first-order valence-electron chi connectivity index (χ1n) is 8.01. The zero-order valence-corrected chi connectivity index (χ0v) is 13.4. The summed E-state index contributed by atoms with van der Waals surface area (Å²) >= 11 is 0.